The zero-order valence-electron chi connectivity index (χ0n) is 5.52. The Bertz CT molecular complexity index is 299. The second-order valence-corrected chi connectivity index (χ2v) is 1.93. The molecular formula is C5H6N4O2. The molecule has 0 radical (unpaired) electrons. The fourth-order valence-electron chi connectivity index (χ4n) is 0.626. The van der Waals surface area contributed by atoms with Crippen LogP contribution in [0.2, 0.25) is 0 Å². The molecule has 6 nitrogen and oxygen atoms in total. The van der Waals surface area contributed by atoms with Gasteiger partial charge in [0.05, 0.1) is 16.8 Å². The molecule has 0 fully saturated rings. The highest BCUT2D eigenvalue weighted by molar-refractivity contribution is 5.58. The minimum absolute atomic E-state index is 0.121. The zero-order valence-corrected chi connectivity index (χ0v) is 5.52. The van der Waals surface area contributed by atoms with Crippen LogP contribution in [0.3, 0.4) is 0 Å². The van der Waals surface area contributed by atoms with Gasteiger partial charge in [0, 0.05) is 6.07 Å². The summed E-state index contributed by atoms with van der Waals surface area (Å²) in [5, 5.41) is 10.2. The molecule has 0 saturated heterocycles. The predicted molar refractivity (Wildman–Crippen MR) is 39.7 cm³/mol. The van der Waals surface area contributed by atoms with Crippen LogP contribution in [0.25, 0.3) is 0 Å². The van der Waals surface area contributed by atoms with Gasteiger partial charge >= 0.3 is 5.69 Å². The third-order valence-electron chi connectivity index (χ3n) is 1.12. The molecule has 1 aromatic rings. The first-order valence-corrected chi connectivity index (χ1v) is 2.76. The molecule has 0 saturated carbocycles. The summed E-state index contributed by atoms with van der Waals surface area (Å²) in [6, 6.07) is 1.17. The lowest BCUT2D eigenvalue weighted by Crippen LogP contribution is -1.99. The molecule has 0 bridgehead atoms. The summed E-state index contributed by atoms with van der Waals surface area (Å²) < 4.78 is 0. The highest BCUT2D eigenvalue weighted by Gasteiger charge is 2.11. The monoisotopic (exact) mass is 154 g/mol. The Kier molecular flexibility index (Phi) is 1.59. The number of hydrogen-bond donors (Lipinski definition) is 2. The van der Waals surface area contributed by atoms with E-state index in [0.717, 1.165) is 0 Å². The number of rotatable bonds is 1. The number of nitro groups is 1. The fraction of sp³-hybridized carbons (Fsp3) is 0. The van der Waals surface area contributed by atoms with Gasteiger partial charge < -0.3 is 11.5 Å². The molecule has 1 rings (SSSR count). The quantitative estimate of drug-likeness (QED) is 0.442. The van der Waals surface area contributed by atoms with Crippen LogP contribution in [-0.4, -0.2) is 9.91 Å². The lowest BCUT2D eigenvalue weighted by atomic mass is 10.3. The minimum Gasteiger partial charge on any atom is -0.397 e. The van der Waals surface area contributed by atoms with Crippen molar-refractivity contribution in [3.63, 3.8) is 0 Å². The molecule has 0 aromatic carbocycles. The largest absolute Gasteiger partial charge is 0.397 e. The van der Waals surface area contributed by atoms with E-state index in [4.69, 9.17) is 11.5 Å². The van der Waals surface area contributed by atoms with E-state index < -0.39 is 4.92 Å². The van der Waals surface area contributed by atoms with E-state index >= 15 is 0 Å². The Hall–Kier alpha value is -1.85. The molecule has 58 valence electrons. The molecule has 6 heteroatoms. The van der Waals surface area contributed by atoms with Gasteiger partial charge in [-0.2, -0.15) is 0 Å². The highest BCUT2D eigenvalue weighted by atomic mass is 16.6. The van der Waals surface area contributed by atoms with E-state index in [1.165, 1.54) is 12.3 Å². The Labute approximate surface area is 62.0 Å². The summed E-state index contributed by atoms with van der Waals surface area (Å²) >= 11 is 0. The summed E-state index contributed by atoms with van der Waals surface area (Å²) in [5.74, 6) is -0.121. The number of pyridine rings is 1. The van der Waals surface area contributed by atoms with E-state index in [1.54, 1.807) is 0 Å². The van der Waals surface area contributed by atoms with Crippen LogP contribution in [-0.2, 0) is 0 Å². The van der Waals surface area contributed by atoms with Crippen LogP contribution in [0.4, 0.5) is 17.2 Å². The summed E-state index contributed by atoms with van der Waals surface area (Å²) in [5.41, 5.74) is 10.4. The van der Waals surface area contributed by atoms with Gasteiger partial charge in [-0.1, -0.05) is 0 Å². The first kappa shape index (κ1) is 7.26. The average molecular weight is 154 g/mol. The maximum atomic E-state index is 10.2. The van der Waals surface area contributed by atoms with Gasteiger partial charge in [-0.05, 0) is 0 Å². The molecule has 4 N–H and O–H groups in total. The van der Waals surface area contributed by atoms with Gasteiger partial charge in [-0.15, -0.1) is 0 Å². The van der Waals surface area contributed by atoms with Crippen LogP contribution in [0.1, 0.15) is 0 Å². The maximum absolute atomic E-state index is 10.2. The van der Waals surface area contributed by atoms with Gasteiger partial charge in [0.15, 0.2) is 0 Å². The number of nitrogens with two attached hydrogens (primary N) is 2. The van der Waals surface area contributed by atoms with E-state index in [2.05, 4.69) is 4.98 Å². The van der Waals surface area contributed by atoms with E-state index in [9.17, 15) is 10.1 Å². The Morgan fingerprint density at radius 2 is 2.18 bits per heavy atom. The Balaban J connectivity index is 3.23. The van der Waals surface area contributed by atoms with Crippen molar-refractivity contribution >= 4 is 17.2 Å². The fourth-order valence-corrected chi connectivity index (χ4v) is 0.626. The van der Waals surface area contributed by atoms with E-state index in [1.807, 2.05) is 0 Å². The van der Waals surface area contributed by atoms with Crippen LogP contribution < -0.4 is 11.5 Å². The number of aromatic nitrogens is 1. The van der Waals surface area contributed by atoms with Crippen molar-refractivity contribution in [2.24, 2.45) is 0 Å². The summed E-state index contributed by atoms with van der Waals surface area (Å²) in [6.45, 7) is 0. The first-order valence-electron chi connectivity index (χ1n) is 2.76. The molecule has 1 aromatic heterocycles. The van der Waals surface area contributed by atoms with Crippen molar-refractivity contribution in [3.05, 3.63) is 22.4 Å². The van der Waals surface area contributed by atoms with E-state index in [-0.39, 0.29) is 17.2 Å². The van der Waals surface area contributed by atoms with Crippen LogP contribution in [0.5, 0.6) is 0 Å². The normalized spacial score (nSPS) is 9.45. The number of nitrogens with zero attached hydrogens (tertiary/aromatic N) is 2. The van der Waals surface area contributed by atoms with Crippen LogP contribution in [0, 0.1) is 10.1 Å². The average Bonchev–Trinajstić information content (AvgIpc) is 1.94. The van der Waals surface area contributed by atoms with Crippen molar-refractivity contribution in [1.29, 1.82) is 0 Å². The van der Waals surface area contributed by atoms with Crippen LogP contribution >= 0.6 is 0 Å². The number of anilines is 2. The summed E-state index contributed by atoms with van der Waals surface area (Å²) in [6.07, 6.45) is 1.27. The number of nitrogen functional groups attached to an aromatic ring is 2. The smallest absolute Gasteiger partial charge is 0.313 e. The lowest BCUT2D eigenvalue weighted by molar-refractivity contribution is -0.384. The minimum atomic E-state index is -0.626. The molecule has 1 heterocycles. The molecule has 0 amide bonds. The number of hydrogen-bond acceptors (Lipinski definition) is 5. The van der Waals surface area contributed by atoms with Crippen molar-refractivity contribution < 1.29 is 4.92 Å². The molecule has 0 spiro atoms. The molecule has 0 atom stereocenters. The van der Waals surface area contributed by atoms with Gasteiger partial charge in [0.2, 0.25) is 5.82 Å². The molecular weight excluding hydrogens is 148 g/mol. The summed E-state index contributed by atoms with van der Waals surface area (Å²) in [4.78, 5) is 13.1. The lowest BCUT2D eigenvalue weighted by Gasteiger charge is -1.95. The van der Waals surface area contributed by atoms with Crippen LogP contribution in [0.15, 0.2) is 12.3 Å². The molecule has 0 aliphatic carbocycles. The van der Waals surface area contributed by atoms with Gasteiger partial charge in [-0.3, -0.25) is 10.1 Å². The van der Waals surface area contributed by atoms with Gasteiger partial charge in [-0.25, -0.2) is 4.98 Å². The van der Waals surface area contributed by atoms with Crippen molar-refractivity contribution in [1.82, 2.24) is 4.98 Å². The van der Waals surface area contributed by atoms with Crippen molar-refractivity contribution in [3.8, 4) is 0 Å². The first-order chi connectivity index (χ1) is 5.11. The SMILES string of the molecule is Nc1cnc(N)c([N+](=O)[O-])c1. The zero-order chi connectivity index (χ0) is 8.43. The van der Waals surface area contributed by atoms with Gasteiger partial charge in [0.25, 0.3) is 0 Å². The molecule has 0 aliphatic rings. The Morgan fingerprint density at radius 3 is 2.64 bits per heavy atom. The van der Waals surface area contributed by atoms with Crippen molar-refractivity contribution in [2.75, 3.05) is 11.5 Å². The molecule has 11 heavy (non-hydrogen) atoms. The second-order valence-electron chi connectivity index (χ2n) is 1.93. The highest BCUT2D eigenvalue weighted by Crippen LogP contribution is 2.19. The second kappa shape index (κ2) is 2.41. The maximum Gasteiger partial charge on any atom is 0.313 e. The summed E-state index contributed by atoms with van der Waals surface area (Å²) in [7, 11) is 0. The third kappa shape index (κ3) is 1.34. The van der Waals surface area contributed by atoms with E-state index in [0.29, 0.717) is 0 Å². The standard InChI is InChI=1S/C5H6N4O2/c6-3-1-4(9(10)11)5(7)8-2-3/h1-2H,6H2,(H2,7,8). The Morgan fingerprint density at radius 1 is 1.55 bits per heavy atom. The molecule has 0 aliphatic heterocycles. The van der Waals surface area contributed by atoms with Crippen molar-refractivity contribution in [2.45, 2.75) is 0 Å². The molecule has 0 unspecified atom stereocenters. The van der Waals surface area contributed by atoms with Gasteiger partial charge in [0.1, 0.15) is 0 Å². The third-order valence-corrected chi connectivity index (χ3v) is 1.12. The topological polar surface area (TPSA) is 108 Å². The predicted octanol–water partition coefficient (Wildman–Crippen LogP) is 0.154.